The van der Waals surface area contributed by atoms with Crippen LogP contribution in [0.3, 0.4) is 0 Å². The molecule has 140 valence electrons. The standard InChI is InChI=1S/C19H23FN2O3S/c1-19(2,3)14-8-10-16(11-9-14)21-18(23)13-22(26(4,24)25)17-7-5-6-15(20)12-17/h5-12H,13H2,1-4H3,(H,21,23). The van der Waals surface area contributed by atoms with Crippen molar-refractivity contribution in [2.45, 2.75) is 26.2 Å². The summed E-state index contributed by atoms with van der Waals surface area (Å²) in [5.74, 6) is -1.09. The zero-order chi connectivity index (χ0) is 19.5. The van der Waals surface area contributed by atoms with Crippen LogP contribution in [0.15, 0.2) is 48.5 Å². The predicted molar refractivity (Wildman–Crippen MR) is 102 cm³/mol. The lowest BCUT2D eigenvalue weighted by molar-refractivity contribution is -0.114. The first-order valence-corrected chi connectivity index (χ1v) is 9.95. The normalized spacial score (nSPS) is 11.9. The van der Waals surface area contributed by atoms with Gasteiger partial charge in [0.15, 0.2) is 0 Å². The summed E-state index contributed by atoms with van der Waals surface area (Å²) in [5, 5.41) is 2.67. The van der Waals surface area contributed by atoms with Crippen molar-refractivity contribution >= 4 is 27.3 Å². The molecule has 1 N–H and O–H groups in total. The van der Waals surface area contributed by atoms with E-state index in [4.69, 9.17) is 0 Å². The van der Waals surface area contributed by atoms with Crippen LogP contribution in [0, 0.1) is 5.82 Å². The largest absolute Gasteiger partial charge is 0.325 e. The van der Waals surface area contributed by atoms with E-state index in [1.807, 2.05) is 12.1 Å². The minimum atomic E-state index is -3.74. The van der Waals surface area contributed by atoms with Gasteiger partial charge in [-0.1, -0.05) is 39.0 Å². The summed E-state index contributed by atoms with van der Waals surface area (Å²) in [4.78, 5) is 12.3. The molecule has 0 fully saturated rings. The third kappa shape index (κ3) is 5.29. The number of nitrogens with zero attached hydrogens (tertiary/aromatic N) is 1. The molecule has 7 heteroatoms. The van der Waals surface area contributed by atoms with E-state index in [-0.39, 0.29) is 11.1 Å². The SMILES string of the molecule is CC(C)(C)c1ccc(NC(=O)CN(c2cccc(F)c2)S(C)(=O)=O)cc1. The molecule has 0 bridgehead atoms. The molecule has 5 nitrogen and oxygen atoms in total. The van der Waals surface area contributed by atoms with E-state index in [0.717, 1.165) is 22.2 Å². The lowest BCUT2D eigenvalue weighted by Crippen LogP contribution is -2.37. The summed E-state index contributed by atoms with van der Waals surface area (Å²) in [7, 11) is -3.74. The average molecular weight is 378 g/mol. The highest BCUT2D eigenvalue weighted by molar-refractivity contribution is 7.92. The number of nitrogens with one attached hydrogen (secondary N) is 1. The van der Waals surface area contributed by atoms with Crippen molar-refractivity contribution in [2.75, 3.05) is 22.4 Å². The molecule has 0 heterocycles. The number of amides is 1. The van der Waals surface area contributed by atoms with Gasteiger partial charge in [0.05, 0.1) is 11.9 Å². The molecule has 0 saturated heterocycles. The van der Waals surface area contributed by atoms with Gasteiger partial charge in [0.2, 0.25) is 15.9 Å². The van der Waals surface area contributed by atoms with Gasteiger partial charge in [-0.05, 0) is 41.3 Å². The Kier molecular flexibility index (Phi) is 5.71. The summed E-state index contributed by atoms with van der Waals surface area (Å²) in [6, 6.07) is 12.5. The second-order valence-electron chi connectivity index (χ2n) is 7.13. The Labute approximate surface area is 153 Å². The highest BCUT2D eigenvalue weighted by Crippen LogP contribution is 2.24. The van der Waals surface area contributed by atoms with Gasteiger partial charge in [-0.25, -0.2) is 12.8 Å². The van der Waals surface area contributed by atoms with Gasteiger partial charge in [-0.2, -0.15) is 0 Å². The van der Waals surface area contributed by atoms with Gasteiger partial charge >= 0.3 is 0 Å². The number of hydrogen-bond donors (Lipinski definition) is 1. The molecule has 0 unspecified atom stereocenters. The van der Waals surface area contributed by atoms with E-state index in [1.165, 1.54) is 18.2 Å². The summed E-state index contributed by atoms with van der Waals surface area (Å²) < 4.78 is 38.3. The molecule has 0 aliphatic rings. The van der Waals surface area contributed by atoms with Crippen molar-refractivity contribution in [3.05, 3.63) is 59.9 Å². The Morgan fingerprint density at radius 2 is 1.73 bits per heavy atom. The van der Waals surface area contributed by atoms with E-state index in [9.17, 15) is 17.6 Å². The van der Waals surface area contributed by atoms with Crippen molar-refractivity contribution in [1.29, 1.82) is 0 Å². The molecular weight excluding hydrogens is 355 g/mol. The number of carbonyl (C=O) groups excluding carboxylic acids is 1. The highest BCUT2D eigenvalue weighted by Gasteiger charge is 2.21. The van der Waals surface area contributed by atoms with Gasteiger partial charge < -0.3 is 5.32 Å². The van der Waals surface area contributed by atoms with Gasteiger partial charge in [0.1, 0.15) is 12.4 Å². The zero-order valence-corrected chi connectivity index (χ0v) is 16.1. The van der Waals surface area contributed by atoms with Gasteiger partial charge in [0, 0.05) is 5.69 Å². The van der Waals surface area contributed by atoms with Gasteiger partial charge in [0.25, 0.3) is 0 Å². The molecular formula is C19H23FN2O3S. The maximum atomic E-state index is 13.4. The summed E-state index contributed by atoms with van der Waals surface area (Å²) in [6.07, 6.45) is 0.976. The molecule has 0 aliphatic heterocycles. The highest BCUT2D eigenvalue weighted by atomic mass is 32.2. The molecule has 2 aromatic rings. The lowest BCUT2D eigenvalue weighted by atomic mass is 9.87. The second-order valence-corrected chi connectivity index (χ2v) is 9.03. The van der Waals surface area contributed by atoms with Crippen LogP contribution in [0.5, 0.6) is 0 Å². The molecule has 0 atom stereocenters. The molecule has 0 aromatic heterocycles. The van der Waals surface area contributed by atoms with Crippen LogP contribution < -0.4 is 9.62 Å². The summed E-state index contributed by atoms with van der Waals surface area (Å²) >= 11 is 0. The van der Waals surface area contributed by atoms with Crippen molar-refractivity contribution < 1.29 is 17.6 Å². The summed E-state index contributed by atoms with van der Waals surface area (Å²) in [5.41, 5.74) is 1.78. The quantitative estimate of drug-likeness (QED) is 0.866. The smallest absolute Gasteiger partial charge is 0.245 e. The number of hydrogen-bond acceptors (Lipinski definition) is 3. The fraction of sp³-hybridized carbons (Fsp3) is 0.316. The summed E-state index contributed by atoms with van der Waals surface area (Å²) in [6.45, 7) is 5.82. The maximum Gasteiger partial charge on any atom is 0.245 e. The Balaban J connectivity index is 2.15. The minimum Gasteiger partial charge on any atom is -0.325 e. The van der Waals surface area contributed by atoms with Crippen LogP contribution in [0.25, 0.3) is 0 Å². The van der Waals surface area contributed by atoms with E-state index in [1.54, 1.807) is 12.1 Å². The van der Waals surface area contributed by atoms with Crippen LogP contribution >= 0.6 is 0 Å². The third-order valence-electron chi connectivity index (χ3n) is 3.82. The van der Waals surface area contributed by atoms with Gasteiger partial charge in [-0.15, -0.1) is 0 Å². The molecule has 0 radical (unpaired) electrons. The number of rotatable bonds is 5. The molecule has 0 aliphatic carbocycles. The fourth-order valence-corrected chi connectivity index (χ4v) is 3.26. The number of carbonyl (C=O) groups is 1. The molecule has 2 aromatic carbocycles. The minimum absolute atomic E-state index is 0.00694. The van der Waals surface area contributed by atoms with E-state index in [0.29, 0.717) is 5.69 Å². The zero-order valence-electron chi connectivity index (χ0n) is 15.3. The van der Waals surface area contributed by atoms with Crippen molar-refractivity contribution in [3.63, 3.8) is 0 Å². The lowest BCUT2D eigenvalue weighted by Gasteiger charge is -2.22. The molecule has 26 heavy (non-hydrogen) atoms. The van der Waals surface area contributed by atoms with E-state index < -0.39 is 28.3 Å². The maximum absolute atomic E-state index is 13.4. The third-order valence-corrected chi connectivity index (χ3v) is 4.96. The first kappa shape index (κ1) is 19.9. The Morgan fingerprint density at radius 1 is 1.12 bits per heavy atom. The van der Waals surface area contributed by atoms with Gasteiger partial charge in [-0.3, -0.25) is 9.10 Å². The van der Waals surface area contributed by atoms with Crippen molar-refractivity contribution in [1.82, 2.24) is 0 Å². The van der Waals surface area contributed by atoms with E-state index >= 15 is 0 Å². The van der Waals surface area contributed by atoms with Crippen LogP contribution in [0.2, 0.25) is 0 Å². The second kappa shape index (κ2) is 7.45. The molecule has 1 amide bonds. The predicted octanol–water partition coefficient (Wildman–Crippen LogP) is 3.53. The Bertz CT molecular complexity index is 888. The monoisotopic (exact) mass is 378 g/mol. The fourth-order valence-electron chi connectivity index (χ4n) is 2.42. The van der Waals surface area contributed by atoms with Crippen molar-refractivity contribution in [3.8, 4) is 0 Å². The number of benzene rings is 2. The first-order valence-electron chi connectivity index (χ1n) is 8.10. The Morgan fingerprint density at radius 3 is 2.23 bits per heavy atom. The molecule has 0 spiro atoms. The van der Waals surface area contributed by atoms with Crippen LogP contribution in [-0.2, 0) is 20.2 Å². The average Bonchev–Trinajstić information content (AvgIpc) is 2.51. The molecule has 2 rings (SSSR count). The number of anilines is 2. The number of halogens is 1. The first-order chi connectivity index (χ1) is 12.0. The van der Waals surface area contributed by atoms with E-state index in [2.05, 4.69) is 26.1 Å². The number of sulfonamides is 1. The Hall–Kier alpha value is -2.41. The molecule has 0 saturated carbocycles. The van der Waals surface area contributed by atoms with Crippen molar-refractivity contribution in [2.24, 2.45) is 0 Å². The van der Waals surface area contributed by atoms with Crippen LogP contribution in [0.1, 0.15) is 26.3 Å². The topological polar surface area (TPSA) is 66.5 Å². The van der Waals surface area contributed by atoms with Crippen LogP contribution in [0.4, 0.5) is 15.8 Å². The van der Waals surface area contributed by atoms with Crippen LogP contribution in [-0.4, -0.2) is 27.1 Å².